The van der Waals surface area contributed by atoms with Gasteiger partial charge in [-0.3, -0.25) is 0 Å². The minimum absolute atomic E-state index is 0.102. The number of halogens is 2. The molecule has 0 saturated heterocycles. The van der Waals surface area contributed by atoms with Gasteiger partial charge in [-0.25, -0.2) is 4.39 Å². The molecule has 0 aliphatic heterocycles. The molecule has 0 heterocycles. The molecule has 0 radical (unpaired) electrons. The van der Waals surface area contributed by atoms with E-state index in [1.165, 1.54) is 12.1 Å². The van der Waals surface area contributed by atoms with Crippen molar-refractivity contribution in [2.45, 2.75) is 0 Å². The van der Waals surface area contributed by atoms with Gasteiger partial charge in [0.25, 0.3) is 0 Å². The van der Waals surface area contributed by atoms with E-state index < -0.39 is 5.82 Å². The summed E-state index contributed by atoms with van der Waals surface area (Å²) in [6.45, 7) is 1.10. The predicted molar refractivity (Wildman–Crippen MR) is 71.8 cm³/mol. The highest BCUT2D eigenvalue weighted by Crippen LogP contribution is 2.20. The normalized spacial score (nSPS) is 10.1. The van der Waals surface area contributed by atoms with Crippen LogP contribution in [0.25, 0.3) is 0 Å². The third kappa shape index (κ3) is 3.64. The first kappa shape index (κ1) is 12.7. The molecule has 0 bridgehead atoms. The zero-order valence-electron chi connectivity index (χ0n) is 9.70. The molecule has 0 amide bonds. The molecule has 1 N–H and O–H groups in total. The van der Waals surface area contributed by atoms with E-state index in [4.69, 9.17) is 16.3 Å². The summed E-state index contributed by atoms with van der Waals surface area (Å²) >= 11 is 5.58. The van der Waals surface area contributed by atoms with E-state index in [1.54, 1.807) is 6.07 Å². The summed E-state index contributed by atoms with van der Waals surface area (Å²) in [6, 6.07) is 14.2. The molecular weight excluding hydrogens is 253 g/mol. The maximum absolute atomic E-state index is 13.1. The van der Waals surface area contributed by atoms with Crippen molar-refractivity contribution in [3.05, 3.63) is 59.4 Å². The zero-order chi connectivity index (χ0) is 12.8. The van der Waals surface area contributed by atoms with E-state index in [2.05, 4.69) is 5.32 Å². The van der Waals surface area contributed by atoms with Crippen LogP contribution in [0, 0.1) is 5.82 Å². The lowest BCUT2D eigenvalue weighted by molar-refractivity contribution is 0.331. The van der Waals surface area contributed by atoms with Crippen molar-refractivity contribution < 1.29 is 9.13 Å². The Hall–Kier alpha value is -1.74. The van der Waals surface area contributed by atoms with E-state index >= 15 is 0 Å². The molecule has 0 spiro atoms. The van der Waals surface area contributed by atoms with Crippen molar-refractivity contribution in [2.24, 2.45) is 0 Å². The van der Waals surface area contributed by atoms with Crippen molar-refractivity contribution in [1.29, 1.82) is 0 Å². The Morgan fingerprint density at radius 3 is 2.61 bits per heavy atom. The van der Waals surface area contributed by atoms with E-state index in [9.17, 15) is 4.39 Å². The predicted octanol–water partition coefficient (Wildman–Crippen LogP) is 3.97. The fourth-order valence-corrected chi connectivity index (χ4v) is 1.60. The zero-order valence-corrected chi connectivity index (χ0v) is 10.5. The Labute approximate surface area is 110 Å². The number of para-hydroxylation sites is 1. The smallest absolute Gasteiger partial charge is 0.145 e. The molecule has 0 atom stereocenters. The molecule has 0 aliphatic rings. The molecule has 0 fully saturated rings. The van der Waals surface area contributed by atoms with Gasteiger partial charge in [-0.05, 0) is 24.3 Å². The average Bonchev–Trinajstić information content (AvgIpc) is 2.40. The van der Waals surface area contributed by atoms with Gasteiger partial charge < -0.3 is 10.1 Å². The van der Waals surface area contributed by atoms with Crippen molar-refractivity contribution in [1.82, 2.24) is 0 Å². The minimum Gasteiger partial charge on any atom is -0.492 e. The van der Waals surface area contributed by atoms with Crippen LogP contribution in [0.3, 0.4) is 0 Å². The van der Waals surface area contributed by atoms with Crippen LogP contribution in [0.15, 0.2) is 48.5 Å². The highest BCUT2D eigenvalue weighted by molar-refractivity contribution is 6.30. The van der Waals surface area contributed by atoms with Crippen LogP contribution in [0.5, 0.6) is 5.75 Å². The molecule has 2 aromatic carbocycles. The van der Waals surface area contributed by atoms with Crippen LogP contribution in [0.4, 0.5) is 10.1 Å². The van der Waals surface area contributed by atoms with Crippen LogP contribution in [0.2, 0.25) is 5.02 Å². The van der Waals surface area contributed by atoms with E-state index in [-0.39, 0.29) is 5.02 Å². The molecule has 0 saturated carbocycles. The first-order valence-electron chi connectivity index (χ1n) is 5.62. The molecule has 94 valence electrons. The Morgan fingerprint density at radius 2 is 1.89 bits per heavy atom. The first-order valence-corrected chi connectivity index (χ1v) is 6.00. The molecule has 2 nitrogen and oxygen atoms in total. The quantitative estimate of drug-likeness (QED) is 0.826. The summed E-state index contributed by atoms with van der Waals surface area (Å²) in [5, 5.41) is 3.30. The van der Waals surface area contributed by atoms with Gasteiger partial charge in [-0.1, -0.05) is 29.8 Å². The molecule has 2 rings (SSSR count). The van der Waals surface area contributed by atoms with Gasteiger partial charge in [0.15, 0.2) is 0 Å². The summed E-state index contributed by atoms with van der Waals surface area (Å²) in [5.74, 6) is 0.0111. The highest BCUT2D eigenvalue weighted by Gasteiger charge is 2.01. The maximum atomic E-state index is 13.1. The number of rotatable bonds is 5. The standard InChI is InChI=1S/C14H13ClFNO/c15-13-7-6-12(10-14(13)16)18-9-8-17-11-4-2-1-3-5-11/h1-7,10,17H,8-9H2. The molecule has 0 unspecified atom stereocenters. The SMILES string of the molecule is Fc1cc(OCCNc2ccccc2)ccc1Cl. The van der Waals surface area contributed by atoms with Crippen molar-refractivity contribution >= 4 is 17.3 Å². The second-order valence-corrected chi connectivity index (χ2v) is 4.12. The van der Waals surface area contributed by atoms with Gasteiger partial charge in [0.1, 0.15) is 18.2 Å². The number of hydrogen-bond acceptors (Lipinski definition) is 2. The second kappa shape index (κ2) is 6.26. The summed E-state index contributed by atoms with van der Waals surface area (Å²) in [7, 11) is 0. The van der Waals surface area contributed by atoms with Crippen LogP contribution < -0.4 is 10.1 Å². The lowest BCUT2D eigenvalue weighted by atomic mass is 10.3. The monoisotopic (exact) mass is 265 g/mol. The van der Waals surface area contributed by atoms with Crippen LogP contribution in [0.1, 0.15) is 0 Å². The second-order valence-electron chi connectivity index (χ2n) is 3.72. The lowest BCUT2D eigenvalue weighted by Gasteiger charge is -2.08. The molecule has 0 aromatic heterocycles. The number of benzene rings is 2. The number of ether oxygens (including phenoxy) is 1. The Morgan fingerprint density at radius 1 is 1.11 bits per heavy atom. The molecule has 4 heteroatoms. The molecular formula is C14H13ClFNO. The largest absolute Gasteiger partial charge is 0.492 e. The van der Waals surface area contributed by atoms with E-state index in [1.807, 2.05) is 30.3 Å². The fourth-order valence-electron chi connectivity index (χ4n) is 1.49. The van der Waals surface area contributed by atoms with Crippen molar-refractivity contribution in [3.63, 3.8) is 0 Å². The fraction of sp³-hybridized carbons (Fsp3) is 0.143. The molecule has 2 aromatic rings. The Bertz CT molecular complexity index is 504. The average molecular weight is 266 g/mol. The number of anilines is 1. The van der Waals surface area contributed by atoms with Gasteiger partial charge >= 0.3 is 0 Å². The van der Waals surface area contributed by atoms with E-state index in [0.717, 1.165) is 5.69 Å². The van der Waals surface area contributed by atoms with Crippen molar-refractivity contribution in [2.75, 3.05) is 18.5 Å². The molecule has 18 heavy (non-hydrogen) atoms. The first-order chi connectivity index (χ1) is 8.75. The van der Waals surface area contributed by atoms with E-state index in [0.29, 0.717) is 18.9 Å². The van der Waals surface area contributed by atoms with Crippen LogP contribution >= 0.6 is 11.6 Å². The Balaban J connectivity index is 1.77. The highest BCUT2D eigenvalue weighted by atomic mass is 35.5. The molecule has 0 aliphatic carbocycles. The summed E-state index contributed by atoms with van der Waals surface area (Å²) in [4.78, 5) is 0. The van der Waals surface area contributed by atoms with Gasteiger partial charge in [-0.15, -0.1) is 0 Å². The van der Waals surface area contributed by atoms with Crippen molar-refractivity contribution in [3.8, 4) is 5.75 Å². The lowest BCUT2D eigenvalue weighted by Crippen LogP contribution is -2.11. The van der Waals surface area contributed by atoms with Gasteiger partial charge in [0.05, 0.1) is 5.02 Å². The Kier molecular flexibility index (Phi) is 4.42. The summed E-state index contributed by atoms with van der Waals surface area (Å²) in [6.07, 6.45) is 0. The minimum atomic E-state index is -0.467. The maximum Gasteiger partial charge on any atom is 0.145 e. The van der Waals surface area contributed by atoms with Gasteiger partial charge in [-0.2, -0.15) is 0 Å². The van der Waals surface area contributed by atoms with Crippen LogP contribution in [-0.2, 0) is 0 Å². The van der Waals surface area contributed by atoms with Gasteiger partial charge in [0, 0.05) is 18.3 Å². The number of nitrogens with one attached hydrogen (secondary N) is 1. The number of hydrogen-bond donors (Lipinski definition) is 1. The third-order valence-electron chi connectivity index (χ3n) is 2.36. The van der Waals surface area contributed by atoms with Crippen LogP contribution in [-0.4, -0.2) is 13.2 Å². The topological polar surface area (TPSA) is 21.3 Å². The summed E-state index contributed by atoms with van der Waals surface area (Å²) in [5.41, 5.74) is 1.03. The summed E-state index contributed by atoms with van der Waals surface area (Å²) < 4.78 is 18.5. The van der Waals surface area contributed by atoms with Gasteiger partial charge in [0.2, 0.25) is 0 Å². The third-order valence-corrected chi connectivity index (χ3v) is 2.67.